The molecule has 1 heterocycles. The molecule has 0 saturated heterocycles. The fourth-order valence-electron chi connectivity index (χ4n) is 1.92. The first-order valence-corrected chi connectivity index (χ1v) is 6.70. The van der Waals surface area contributed by atoms with Crippen LogP contribution in [0.5, 0.6) is 0 Å². The monoisotopic (exact) mass is 224 g/mol. The molecule has 0 aromatic carbocycles. The lowest BCUT2D eigenvalue weighted by Gasteiger charge is -2.04. The maximum atomic E-state index is 11.3. The average molecular weight is 224 g/mol. The summed E-state index contributed by atoms with van der Waals surface area (Å²) in [5.41, 5.74) is 0. The van der Waals surface area contributed by atoms with Gasteiger partial charge in [-0.2, -0.15) is 0 Å². The molecular weight excluding hydrogens is 200 g/mol. The van der Waals surface area contributed by atoms with Gasteiger partial charge in [0.2, 0.25) is 0 Å². The summed E-state index contributed by atoms with van der Waals surface area (Å²) < 4.78 is 5.16. The van der Waals surface area contributed by atoms with Crippen LogP contribution in [-0.4, -0.2) is 12.6 Å². The Kier molecular flexibility index (Phi) is 7.83. The van der Waals surface area contributed by atoms with Crippen LogP contribution in [0.15, 0.2) is 12.2 Å². The van der Waals surface area contributed by atoms with Gasteiger partial charge in [-0.15, -0.1) is 0 Å². The Hall–Kier alpha value is -0.790. The molecule has 92 valence electrons. The molecule has 0 aromatic rings. The fourth-order valence-corrected chi connectivity index (χ4v) is 1.92. The molecule has 0 saturated carbocycles. The van der Waals surface area contributed by atoms with Crippen molar-refractivity contribution in [1.82, 2.24) is 0 Å². The molecular formula is C14H24O2. The van der Waals surface area contributed by atoms with Crippen LogP contribution in [0.4, 0.5) is 0 Å². The summed E-state index contributed by atoms with van der Waals surface area (Å²) in [5, 5.41) is 0. The largest absolute Gasteiger partial charge is 0.466 e. The number of cyclic esters (lactones) is 1. The Bertz CT molecular complexity index is 209. The van der Waals surface area contributed by atoms with Gasteiger partial charge in [0.15, 0.2) is 0 Å². The van der Waals surface area contributed by atoms with Crippen LogP contribution in [0.25, 0.3) is 0 Å². The second-order valence-electron chi connectivity index (χ2n) is 4.49. The van der Waals surface area contributed by atoms with Gasteiger partial charge >= 0.3 is 5.97 Å². The van der Waals surface area contributed by atoms with Gasteiger partial charge in [-0.05, 0) is 38.5 Å². The molecule has 1 aliphatic rings. The maximum Gasteiger partial charge on any atom is 0.305 e. The van der Waals surface area contributed by atoms with Crippen LogP contribution >= 0.6 is 0 Å². The Morgan fingerprint density at radius 2 is 1.44 bits per heavy atom. The SMILES string of the molecule is O=C1CCCCC=CCCCCCCCO1. The number of rotatable bonds is 0. The molecule has 1 aliphatic heterocycles. The van der Waals surface area contributed by atoms with Crippen molar-refractivity contribution in [2.75, 3.05) is 6.61 Å². The summed E-state index contributed by atoms with van der Waals surface area (Å²) in [6.07, 6.45) is 15.6. The van der Waals surface area contributed by atoms with E-state index in [1.54, 1.807) is 0 Å². The highest BCUT2D eigenvalue weighted by Gasteiger charge is 2.02. The van der Waals surface area contributed by atoms with Gasteiger partial charge in [-0.25, -0.2) is 0 Å². The molecule has 0 bridgehead atoms. The first kappa shape index (κ1) is 13.3. The van der Waals surface area contributed by atoms with E-state index in [9.17, 15) is 4.79 Å². The first-order valence-electron chi connectivity index (χ1n) is 6.70. The number of carbonyl (C=O) groups is 1. The molecule has 0 N–H and O–H groups in total. The van der Waals surface area contributed by atoms with Crippen LogP contribution < -0.4 is 0 Å². The number of hydrogen-bond donors (Lipinski definition) is 0. The van der Waals surface area contributed by atoms with Crippen molar-refractivity contribution in [3.8, 4) is 0 Å². The zero-order valence-corrected chi connectivity index (χ0v) is 10.2. The molecule has 0 aromatic heterocycles. The van der Waals surface area contributed by atoms with Gasteiger partial charge in [0.05, 0.1) is 6.61 Å². The molecule has 0 spiro atoms. The lowest BCUT2D eigenvalue weighted by atomic mass is 10.1. The third kappa shape index (κ3) is 7.49. The van der Waals surface area contributed by atoms with E-state index in [0.29, 0.717) is 13.0 Å². The van der Waals surface area contributed by atoms with Crippen molar-refractivity contribution in [2.24, 2.45) is 0 Å². The molecule has 0 aliphatic carbocycles. The zero-order valence-electron chi connectivity index (χ0n) is 10.2. The van der Waals surface area contributed by atoms with Gasteiger partial charge in [-0.3, -0.25) is 4.79 Å². The van der Waals surface area contributed by atoms with E-state index < -0.39 is 0 Å². The van der Waals surface area contributed by atoms with Crippen LogP contribution in [-0.2, 0) is 9.53 Å². The van der Waals surface area contributed by atoms with Crippen molar-refractivity contribution in [3.63, 3.8) is 0 Å². The van der Waals surface area contributed by atoms with E-state index in [0.717, 1.165) is 25.7 Å². The van der Waals surface area contributed by atoms with Gasteiger partial charge < -0.3 is 4.74 Å². The van der Waals surface area contributed by atoms with Crippen molar-refractivity contribution >= 4 is 5.97 Å². The summed E-state index contributed by atoms with van der Waals surface area (Å²) in [4.78, 5) is 11.3. The van der Waals surface area contributed by atoms with E-state index in [-0.39, 0.29) is 5.97 Å². The van der Waals surface area contributed by atoms with Crippen molar-refractivity contribution in [2.45, 2.75) is 64.2 Å². The maximum absolute atomic E-state index is 11.3. The third-order valence-corrected chi connectivity index (χ3v) is 2.95. The Balaban J connectivity index is 2.20. The number of ether oxygens (including phenoxy) is 1. The number of esters is 1. The third-order valence-electron chi connectivity index (χ3n) is 2.95. The highest BCUT2D eigenvalue weighted by molar-refractivity contribution is 5.69. The van der Waals surface area contributed by atoms with E-state index in [1.165, 1.54) is 32.1 Å². The van der Waals surface area contributed by atoms with Gasteiger partial charge in [0.25, 0.3) is 0 Å². The lowest BCUT2D eigenvalue weighted by molar-refractivity contribution is -0.143. The van der Waals surface area contributed by atoms with Crippen molar-refractivity contribution < 1.29 is 9.53 Å². The normalized spacial score (nSPS) is 21.9. The van der Waals surface area contributed by atoms with Crippen molar-refractivity contribution in [3.05, 3.63) is 12.2 Å². The standard InChI is InChI=1S/C14H24O2/c15-14-12-10-8-6-4-2-1-3-5-7-9-11-13-16-14/h2,4H,1,3,5-13H2. The zero-order chi connectivity index (χ0) is 11.5. The Morgan fingerprint density at radius 3 is 2.25 bits per heavy atom. The average Bonchev–Trinajstić information content (AvgIpc) is 2.29. The second-order valence-corrected chi connectivity index (χ2v) is 4.49. The summed E-state index contributed by atoms with van der Waals surface area (Å²) in [7, 11) is 0. The molecule has 1 rings (SSSR count). The summed E-state index contributed by atoms with van der Waals surface area (Å²) in [6.45, 7) is 0.622. The van der Waals surface area contributed by atoms with Crippen LogP contribution in [0.2, 0.25) is 0 Å². The topological polar surface area (TPSA) is 26.3 Å². The minimum atomic E-state index is -0.0150. The van der Waals surface area contributed by atoms with E-state index in [1.807, 2.05) is 0 Å². The number of allylic oxidation sites excluding steroid dienone is 2. The number of carbonyl (C=O) groups excluding carboxylic acids is 1. The highest BCUT2D eigenvalue weighted by atomic mass is 16.5. The molecule has 0 atom stereocenters. The van der Waals surface area contributed by atoms with Crippen LogP contribution in [0.1, 0.15) is 64.2 Å². The smallest absolute Gasteiger partial charge is 0.305 e. The first-order chi connectivity index (χ1) is 7.89. The quantitative estimate of drug-likeness (QED) is 0.459. The molecule has 0 unspecified atom stereocenters. The van der Waals surface area contributed by atoms with Gasteiger partial charge in [0, 0.05) is 6.42 Å². The van der Waals surface area contributed by atoms with Crippen molar-refractivity contribution in [1.29, 1.82) is 0 Å². The molecule has 0 fully saturated rings. The Morgan fingerprint density at radius 1 is 0.812 bits per heavy atom. The predicted molar refractivity (Wildman–Crippen MR) is 66.3 cm³/mol. The van der Waals surface area contributed by atoms with Gasteiger partial charge in [-0.1, -0.05) is 31.4 Å². The highest BCUT2D eigenvalue weighted by Crippen LogP contribution is 2.09. The molecule has 0 amide bonds. The van der Waals surface area contributed by atoms with Gasteiger partial charge in [0.1, 0.15) is 0 Å². The molecule has 2 heteroatoms. The molecule has 2 nitrogen and oxygen atoms in total. The van der Waals surface area contributed by atoms with Crippen LogP contribution in [0.3, 0.4) is 0 Å². The summed E-state index contributed by atoms with van der Waals surface area (Å²) in [6, 6.07) is 0. The van der Waals surface area contributed by atoms with E-state index in [2.05, 4.69) is 12.2 Å². The van der Waals surface area contributed by atoms with E-state index in [4.69, 9.17) is 4.74 Å². The lowest BCUT2D eigenvalue weighted by Crippen LogP contribution is -2.05. The second kappa shape index (κ2) is 9.44. The van der Waals surface area contributed by atoms with E-state index >= 15 is 0 Å². The predicted octanol–water partition coefficient (Wildman–Crippen LogP) is 4.00. The summed E-state index contributed by atoms with van der Waals surface area (Å²) in [5.74, 6) is -0.0150. The minimum Gasteiger partial charge on any atom is -0.466 e. The minimum absolute atomic E-state index is 0.0150. The van der Waals surface area contributed by atoms with Crippen LogP contribution in [0, 0.1) is 0 Å². The molecule has 0 radical (unpaired) electrons. The number of hydrogen-bond acceptors (Lipinski definition) is 2. The fraction of sp³-hybridized carbons (Fsp3) is 0.786. The Labute approximate surface area is 99.1 Å². The summed E-state index contributed by atoms with van der Waals surface area (Å²) >= 11 is 0. The molecule has 16 heavy (non-hydrogen) atoms.